The Morgan fingerprint density at radius 2 is 1.79 bits per heavy atom. The van der Waals surface area contributed by atoms with Gasteiger partial charge in [0.15, 0.2) is 5.13 Å². The van der Waals surface area contributed by atoms with Crippen molar-refractivity contribution in [3.05, 3.63) is 23.3 Å². The van der Waals surface area contributed by atoms with Crippen molar-refractivity contribution >= 4 is 45.0 Å². The predicted molar refractivity (Wildman–Crippen MR) is 123 cm³/mol. The number of aryl methyl sites for hydroxylation is 2. The summed E-state index contributed by atoms with van der Waals surface area (Å²) < 4.78 is 1.21. The van der Waals surface area contributed by atoms with E-state index in [-0.39, 0.29) is 24.2 Å². The first-order valence-electron chi connectivity index (χ1n) is 10.4. The second-order valence-electron chi connectivity index (χ2n) is 7.78. The highest BCUT2D eigenvalue weighted by molar-refractivity contribution is 7.22. The Morgan fingerprint density at radius 1 is 1.11 bits per heavy atom. The molecule has 3 rings (SSSR count). The van der Waals surface area contributed by atoms with E-state index in [1.807, 2.05) is 4.90 Å². The van der Waals surface area contributed by atoms with Gasteiger partial charge in [0.05, 0.1) is 10.2 Å². The molecular formula is C22H34ClN3OS. The minimum absolute atomic E-state index is 0. The zero-order valence-electron chi connectivity index (χ0n) is 17.7. The largest absolute Gasteiger partial charge is 0.302 e. The van der Waals surface area contributed by atoms with Crippen molar-refractivity contribution in [1.29, 1.82) is 0 Å². The second kappa shape index (κ2) is 10.6. The smallest absolute Gasteiger partial charge is 0.231 e. The molecule has 1 saturated carbocycles. The molecule has 1 fully saturated rings. The zero-order valence-corrected chi connectivity index (χ0v) is 19.3. The highest BCUT2D eigenvalue weighted by Crippen LogP contribution is 2.34. The van der Waals surface area contributed by atoms with E-state index in [0.29, 0.717) is 0 Å². The van der Waals surface area contributed by atoms with Gasteiger partial charge in [0.1, 0.15) is 0 Å². The zero-order chi connectivity index (χ0) is 19.4. The summed E-state index contributed by atoms with van der Waals surface area (Å²) in [6.07, 6.45) is 5.69. The monoisotopic (exact) mass is 423 g/mol. The van der Waals surface area contributed by atoms with E-state index >= 15 is 0 Å². The molecule has 0 saturated heterocycles. The molecular weight excluding hydrogens is 390 g/mol. The van der Waals surface area contributed by atoms with Crippen LogP contribution in [0.5, 0.6) is 0 Å². The number of likely N-dealkylation sites (N-methyl/N-ethyl adjacent to an activating group) is 1. The molecule has 1 aliphatic carbocycles. The summed E-state index contributed by atoms with van der Waals surface area (Å²) in [5, 5.41) is 0.876. The van der Waals surface area contributed by atoms with Crippen LogP contribution in [-0.2, 0) is 4.79 Å². The number of halogens is 1. The quantitative estimate of drug-likeness (QED) is 0.582. The molecule has 0 atom stereocenters. The van der Waals surface area contributed by atoms with Gasteiger partial charge in [-0.05, 0) is 57.0 Å². The SMILES string of the molecule is CCN(CC)CCN(C(=O)C1CCCCC1)c1nc2cc(C)cc(C)c2s1.Cl. The van der Waals surface area contributed by atoms with Crippen LogP contribution in [-0.4, -0.2) is 42.0 Å². The van der Waals surface area contributed by atoms with Gasteiger partial charge in [-0.1, -0.05) is 50.5 Å². The highest BCUT2D eigenvalue weighted by atomic mass is 35.5. The summed E-state index contributed by atoms with van der Waals surface area (Å²) in [6.45, 7) is 12.3. The molecule has 0 unspecified atom stereocenters. The molecule has 1 aliphatic rings. The Bertz CT molecular complexity index is 781. The van der Waals surface area contributed by atoms with E-state index in [1.54, 1.807) is 11.3 Å². The number of anilines is 1. The Hall–Kier alpha value is -1.17. The third kappa shape index (κ3) is 5.25. The molecule has 0 bridgehead atoms. The lowest BCUT2D eigenvalue weighted by Crippen LogP contribution is -2.42. The Balaban J connectivity index is 0.00000280. The van der Waals surface area contributed by atoms with Crippen molar-refractivity contribution in [3.8, 4) is 0 Å². The predicted octanol–water partition coefficient (Wildman–Crippen LogP) is 5.59. The Labute approximate surface area is 179 Å². The number of rotatable bonds is 7. The maximum atomic E-state index is 13.4. The van der Waals surface area contributed by atoms with Crippen LogP contribution in [0.1, 0.15) is 57.1 Å². The van der Waals surface area contributed by atoms with E-state index in [0.717, 1.165) is 49.7 Å². The third-order valence-corrected chi connectivity index (χ3v) is 7.02. The average molecular weight is 424 g/mol. The van der Waals surface area contributed by atoms with Crippen molar-refractivity contribution < 1.29 is 4.79 Å². The number of benzene rings is 1. The molecule has 1 heterocycles. The number of fused-ring (bicyclic) bond motifs is 1. The number of thiazole rings is 1. The number of hydrogen-bond acceptors (Lipinski definition) is 4. The van der Waals surface area contributed by atoms with Gasteiger partial charge in [0.25, 0.3) is 0 Å². The van der Waals surface area contributed by atoms with E-state index in [4.69, 9.17) is 4.98 Å². The molecule has 1 aromatic heterocycles. The standard InChI is InChI=1S/C22H33N3OS.ClH/c1-5-24(6-2)12-13-25(21(26)18-10-8-7-9-11-18)22-23-19-15-16(3)14-17(4)20(19)27-22;/h14-15,18H,5-13H2,1-4H3;1H. The second-order valence-corrected chi connectivity index (χ2v) is 8.76. The molecule has 0 aliphatic heterocycles. The normalized spacial score (nSPS) is 15.0. The number of carbonyl (C=O) groups excluding carboxylic acids is 1. The fourth-order valence-electron chi connectivity index (χ4n) is 4.13. The summed E-state index contributed by atoms with van der Waals surface area (Å²) in [5.74, 6) is 0.459. The fourth-order valence-corrected chi connectivity index (χ4v) is 5.18. The van der Waals surface area contributed by atoms with Crippen LogP contribution in [0, 0.1) is 19.8 Å². The Morgan fingerprint density at radius 3 is 2.43 bits per heavy atom. The lowest BCUT2D eigenvalue weighted by Gasteiger charge is -2.29. The maximum Gasteiger partial charge on any atom is 0.231 e. The molecule has 2 aromatic rings. The molecule has 4 nitrogen and oxygen atoms in total. The third-order valence-electron chi connectivity index (χ3n) is 5.79. The van der Waals surface area contributed by atoms with Crippen molar-refractivity contribution in [1.82, 2.24) is 9.88 Å². The number of nitrogens with zero attached hydrogens (tertiary/aromatic N) is 3. The van der Waals surface area contributed by atoms with E-state index in [1.165, 1.54) is 35.1 Å². The van der Waals surface area contributed by atoms with Crippen LogP contribution in [0.25, 0.3) is 10.2 Å². The van der Waals surface area contributed by atoms with E-state index < -0.39 is 0 Å². The van der Waals surface area contributed by atoms with E-state index in [9.17, 15) is 4.79 Å². The number of amides is 1. The molecule has 28 heavy (non-hydrogen) atoms. The summed E-state index contributed by atoms with van der Waals surface area (Å²) in [6, 6.07) is 4.34. The lowest BCUT2D eigenvalue weighted by molar-refractivity contribution is -0.123. The van der Waals surface area contributed by atoms with Crippen LogP contribution in [0.2, 0.25) is 0 Å². The average Bonchev–Trinajstić information content (AvgIpc) is 3.09. The van der Waals surface area contributed by atoms with Crippen LogP contribution >= 0.6 is 23.7 Å². The van der Waals surface area contributed by atoms with Crippen molar-refractivity contribution in [2.75, 3.05) is 31.1 Å². The van der Waals surface area contributed by atoms with Crippen molar-refractivity contribution in [3.63, 3.8) is 0 Å². The molecule has 1 aromatic carbocycles. The molecule has 0 N–H and O–H groups in total. The van der Waals surface area contributed by atoms with E-state index in [2.05, 4.69) is 44.7 Å². The minimum atomic E-state index is 0. The molecule has 0 spiro atoms. The Kier molecular flexibility index (Phi) is 8.72. The molecule has 6 heteroatoms. The van der Waals surface area contributed by atoms with Gasteiger partial charge in [-0.3, -0.25) is 9.69 Å². The van der Waals surface area contributed by atoms with Crippen LogP contribution in [0.4, 0.5) is 5.13 Å². The first-order valence-corrected chi connectivity index (χ1v) is 11.3. The molecule has 0 radical (unpaired) electrons. The summed E-state index contributed by atoms with van der Waals surface area (Å²) in [5.41, 5.74) is 3.50. The number of hydrogen-bond donors (Lipinski definition) is 0. The van der Waals surface area contributed by atoms with Crippen LogP contribution in [0.15, 0.2) is 12.1 Å². The molecule has 156 valence electrons. The molecule has 1 amide bonds. The van der Waals surface area contributed by atoms with Crippen molar-refractivity contribution in [2.24, 2.45) is 5.92 Å². The summed E-state index contributed by atoms with van der Waals surface area (Å²) >= 11 is 1.68. The fraction of sp³-hybridized carbons (Fsp3) is 0.636. The highest BCUT2D eigenvalue weighted by Gasteiger charge is 2.29. The van der Waals surface area contributed by atoms with Crippen molar-refractivity contribution in [2.45, 2.75) is 59.8 Å². The first-order chi connectivity index (χ1) is 13.0. The topological polar surface area (TPSA) is 36.4 Å². The van der Waals surface area contributed by atoms with Gasteiger partial charge in [-0.2, -0.15) is 0 Å². The summed E-state index contributed by atoms with van der Waals surface area (Å²) in [7, 11) is 0. The van der Waals surface area contributed by atoms with Gasteiger partial charge in [0, 0.05) is 19.0 Å². The lowest BCUT2D eigenvalue weighted by atomic mass is 9.88. The van der Waals surface area contributed by atoms with Gasteiger partial charge < -0.3 is 4.90 Å². The summed E-state index contributed by atoms with van der Waals surface area (Å²) in [4.78, 5) is 22.6. The van der Waals surface area contributed by atoms with Gasteiger partial charge in [-0.15, -0.1) is 12.4 Å². The van der Waals surface area contributed by atoms with Crippen LogP contribution < -0.4 is 4.90 Å². The number of aromatic nitrogens is 1. The maximum absolute atomic E-state index is 13.4. The van der Waals surface area contributed by atoms with Gasteiger partial charge in [0.2, 0.25) is 5.91 Å². The van der Waals surface area contributed by atoms with Crippen LogP contribution in [0.3, 0.4) is 0 Å². The first kappa shape index (κ1) is 23.1. The van der Waals surface area contributed by atoms with Gasteiger partial charge >= 0.3 is 0 Å². The minimum Gasteiger partial charge on any atom is -0.302 e. The number of carbonyl (C=O) groups is 1. The van der Waals surface area contributed by atoms with Gasteiger partial charge in [-0.25, -0.2) is 4.98 Å².